The monoisotopic (exact) mass is 356 g/mol. The minimum absolute atomic E-state index is 0.353. The van der Waals surface area contributed by atoms with Gasteiger partial charge in [0.2, 0.25) is 0 Å². The number of methoxy groups -OCH3 is 1. The molecule has 0 radical (unpaired) electrons. The van der Waals surface area contributed by atoms with Crippen molar-refractivity contribution in [3.05, 3.63) is 0 Å². The van der Waals surface area contributed by atoms with Crippen LogP contribution in [0.4, 0.5) is 4.79 Å². The van der Waals surface area contributed by atoms with Crippen molar-refractivity contribution in [2.24, 2.45) is 10.4 Å². The van der Waals surface area contributed by atoms with E-state index in [1.807, 2.05) is 20.8 Å². The second-order valence-electron chi connectivity index (χ2n) is 7.73. The van der Waals surface area contributed by atoms with Crippen molar-refractivity contribution in [3.63, 3.8) is 0 Å². The third kappa shape index (κ3) is 8.95. The molecule has 1 fully saturated rings. The number of ether oxygens (including phenoxy) is 2. The first-order chi connectivity index (χ1) is 11.8. The van der Waals surface area contributed by atoms with Gasteiger partial charge in [-0.1, -0.05) is 6.42 Å². The first-order valence-electron chi connectivity index (χ1n) is 9.20. The number of carbonyl (C=O) groups is 1. The Kier molecular flexibility index (Phi) is 9.03. The van der Waals surface area contributed by atoms with Gasteiger partial charge in [0.15, 0.2) is 5.96 Å². The summed E-state index contributed by atoms with van der Waals surface area (Å²) in [5.74, 6) is 0.806. The van der Waals surface area contributed by atoms with Crippen LogP contribution in [0.3, 0.4) is 0 Å². The lowest BCUT2D eigenvalue weighted by Gasteiger charge is -2.42. The van der Waals surface area contributed by atoms with Crippen LogP contribution in [0.2, 0.25) is 0 Å². The van der Waals surface area contributed by atoms with E-state index in [1.165, 1.54) is 19.3 Å². The maximum absolute atomic E-state index is 11.6. The summed E-state index contributed by atoms with van der Waals surface area (Å²) in [6.45, 7) is 8.59. The second-order valence-corrected chi connectivity index (χ2v) is 7.73. The lowest BCUT2D eigenvalue weighted by Crippen LogP contribution is -2.47. The molecule has 0 aromatic rings. The summed E-state index contributed by atoms with van der Waals surface area (Å²) in [6, 6.07) is 0. The Balaban J connectivity index is 2.17. The molecule has 7 nitrogen and oxygen atoms in total. The number of amides is 1. The molecule has 0 atom stereocenters. The molecule has 0 spiro atoms. The highest BCUT2D eigenvalue weighted by atomic mass is 16.6. The molecule has 0 heterocycles. The Hall–Kier alpha value is -1.50. The number of hydrogen-bond acceptors (Lipinski definition) is 4. The number of rotatable bonds is 9. The number of hydrogen-bond donors (Lipinski definition) is 3. The Morgan fingerprint density at radius 2 is 1.84 bits per heavy atom. The topological polar surface area (TPSA) is 84.0 Å². The lowest BCUT2D eigenvalue weighted by atomic mass is 9.67. The van der Waals surface area contributed by atoms with Crippen molar-refractivity contribution in [3.8, 4) is 0 Å². The van der Waals surface area contributed by atoms with Gasteiger partial charge in [0.05, 0.1) is 0 Å². The third-order valence-electron chi connectivity index (χ3n) is 4.42. The van der Waals surface area contributed by atoms with Gasteiger partial charge in [-0.05, 0) is 51.9 Å². The Morgan fingerprint density at radius 1 is 1.16 bits per heavy atom. The summed E-state index contributed by atoms with van der Waals surface area (Å²) in [7, 11) is 3.53. The van der Waals surface area contributed by atoms with E-state index < -0.39 is 5.60 Å². The maximum atomic E-state index is 11.6. The highest BCUT2D eigenvalue weighted by molar-refractivity contribution is 5.79. The van der Waals surface area contributed by atoms with Gasteiger partial charge in [-0.2, -0.15) is 0 Å². The molecular weight excluding hydrogens is 320 g/mol. The summed E-state index contributed by atoms with van der Waals surface area (Å²) in [4.78, 5) is 15.8. The largest absolute Gasteiger partial charge is 0.444 e. The first-order valence-corrected chi connectivity index (χ1v) is 9.20. The molecule has 1 rings (SSSR count). The van der Waals surface area contributed by atoms with Crippen LogP contribution in [0.15, 0.2) is 4.99 Å². The smallest absolute Gasteiger partial charge is 0.407 e. The first kappa shape index (κ1) is 21.5. The molecular formula is C18H36N4O3. The SMILES string of the molecule is CN=C(NCCCNC(=O)OC(C)(C)C)NCC1(CCOC)CCC1. The molecule has 146 valence electrons. The van der Waals surface area contributed by atoms with Gasteiger partial charge >= 0.3 is 6.09 Å². The van der Waals surface area contributed by atoms with Crippen molar-refractivity contribution in [1.29, 1.82) is 0 Å². The molecule has 1 amide bonds. The highest BCUT2D eigenvalue weighted by Gasteiger charge is 2.36. The van der Waals surface area contributed by atoms with Crippen LogP contribution in [0.1, 0.15) is 52.9 Å². The van der Waals surface area contributed by atoms with Crippen LogP contribution in [-0.2, 0) is 9.47 Å². The normalized spacial score (nSPS) is 16.8. The number of nitrogens with one attached hydrogen (secondary N) is 3. The average Bonchev–Trinajstić information content (AvgIpc) is 2.49. The van der Waals surface area contributed by atoms with Crippen molar-refractivity contribution in [2.75, 3.05) is 40.4 Å². The lowest BCUT2D eigenvalue weighted by molar-refractivity contribution is 0.0527. The minimum atomic E-state index is -0.464. The zero-order valence-electron chi connectivity index (χ0n) is 16.5. The molecule has 3 N–H and O–H groups in total. The fraction of sp³-hybridized carbons (Fsp3) is 0.889. The summed E-state index contributed by atoms with van der Waals surface area (Å²) in [5, 5.41) is 9.46. The molecule has 25 heavy (non-hydrogen) atoms. The predicted molar refractivity (Wildman–Crippen MR) is 101 cm³/mol. The van der Waals surface area contributed by atoms with Gasteiger partial charge < -0.3 is 25.4 Å². The van der Waals surface area contributed by atoms with Crippen LogP contribution in [0.25, 0.3) is 0 Å². The number of guanidine groups is 1. The molecule has 1 aliphatic rings. The van der Waals surface area contributed by atoms with Crippen LogP contribution in [0, 0.1) is 5.41 Å². The summed E-state index contributed by atoms with van der Waals surface area (Å²) < 4.78 is 10.4. The summed E-state index contributed by atoms with van der Waals surface area (Å²) >= 11 is 0. The molecule has 0 unspecified atom stereocenters. The van der Waals surface area contributed by atoms with Gasteiger partial charge in [-0.3, -0.25) is 4.99 Å². The molecule has 0 saturated heterocycles. The van der Waals surface area contributed by atoms with E-state index in [4.69, 9.17) is 9.47 Å². The van der Waals surface area contributed by atoms with E-state index in [1.54, 1.807) is 14.2 Å². The zero-order valence-corrected chi connectivity index (χ0v) is 16.5. The van der Waals surface area contributed by atoms with Gasteiger partial charge in [0, 0.05) is 40.4 Å². The van der Waals surface area contributed by atoms with Crippen molar-refractivity contribution in [2.45, 2.75) is 58.5 Å². The number of carbonyl (C=O) groups excluding carboxylic acids is 1. The van der Waals surface area contributed by atoms with Crippen LogP contribution in [0.5, 0.6) is 0 Å². The fourth-order valence-electron chi connectivity index (χ4n) is 2.80. The van der Waals surface area contributed by atoms with Gasteiger partial charge in [0.25, 0.3) is 0 Å². The number of nitrogens with zero attached hydrogens (tertiary/aromatic N) is 1. The summed E-state index contributed by atoms with van der Waals surface area (Å²) in [6.07, 6.45) is 5.32. The molecule has 1 aliphatic carbocycles. The minimum Gasteiger partial charge on any atom is -0.444 e. The van der Waals surface area contributed by atoms with E-state index in [0.29, 0.717) is 12.0 Å². The van der Waals surface area contributed by atoms with Crippen LogP contribution >= 0.6 is 0 Å². The van der Waals surface area contributed by atoms with Crippen molar-refractivity contribution < 1.29 is 14.3 Å². The quantitative estimate of drug-likeness (QED) is 0.335. The van der Waals surface area contributed by atoms with E-state index in [9.17, 15) is 4.79 Å². The maximum Gasteiger partial charge on any atom is 0.407 e. The van der Waals surface area contributed by atoms with Crippen molar-refractivity contribution >= 4 is 12.1 Å². The standard InChI is InChI=1S/C18H36N4O3/c1-17(2,3)25-16(23)21-12-7-11-20-15(19-4)22-14-18(8-6-9-18)10-13-24-5/h6-14H2,1-5H3,(H,21,23)(H2,19,20,22). The van der Waals surface area contributed by atoms with Gasteiger partial charge in [-0.25, -0.2) is 4.79 Å². The molecule has 1 saturated carbocycles. The Bertz CT molecular complexity index is 429. The van der Waals surface area contributed by atoms with Gasteiger partial charge in [-0.15, -0.1) is 0 Å². The molecule has 7 heteroatoms. The van der Waals surface area contributed by atoms with Crippen LogP contribution in [-0.4, -0.2) is 58.1 Å². The predicted octanol–water partition coefficient (Wildman–Crippen LogP) is 2.27. The molecule has 0 aromatic heterocycles. The van der Waals surface area contributed by atoms with E-state index in [2.05, 4.69) is 20.9 Å². The Labute approximate surface area is 152 Å². The Morgan fingerprint density at radius 3 is 2.36 bits per heavy atom. The van der Waals surface area contributed by atoms with Crippen molar-refractivity contribution in [1.82, 2.24) is 16.0 Å². The fourth-order valence-corrected chi connectivity index (χ4v) is 2.80. The molecule has 0 bridgehead atoms. The zero-order chi connectivity index (χ0) is 18.8. The summed E-state index contributed by atoms with van der Waals surface area (Å²) in [5.41, 5.74) is -0.111. The third-order valence-corrected chi connectivity index (χ3v) is 4.42. The number of alkyl carbamates (subject to hydrolysis) is 1. The second kappa shape index (κ2) is 10.5. The van der Waals surface area contributed by atoms with E-state index in [-0.39, 0.29) is 6.09 Å². The van der Waals surface area contributed by atoms with E-state index in [0.717, 1.165) is 38.5 Å². The number of aliphatic imine (C=N–C) groups is 1. The van der Waals surface area contributed by atoms with Gasteiger partial charge in [0.1, 0.15) is 5.60 Å². The average molecular weight is 357 g/mol. The molecule has 0 aliphatic heterocycles. The highest BCUT2D eigenvalue weighted by Crippen LogP contribution is 2.43. The van der Waals surface area contributed by atoms with E-state index >= 15 is 0 Å². The van der Waals surface area contributed by atoms with Crippen LogP contribution < -0.4 is 16.0 Å². The molecule has 0 aromatic carbocycles.